The molecule has 1 amide bonds. The summed E-state index contributed by atoms with van der Waals surface area (Å²) in [6.07, 6.45) is 11.1. The van der Waals surface area contributed by atoms with Gasteiger partial charge in [-0.2, -0.15) is 0 Å². The second-order valence-electron chi connectivity index (χ2n) is 5.86. The van der Waals surface area contributed by atoms with E-state index >= 15 is 0 Å². The van der Waals surface area contributed by atoms with Crippen LogP contribution in [0.15, 0.2) is 40.2 Å². The highest BCUT2D eigenvalue weighted by atomic mass is 32.1. The lowest BCUT2D eigenvalue weighted by molar-refractivity contribution is -0.124. The maximum atomic E-state index is 12.6. The van der Waals surface area contributed by atoms with E-state index in [1.165, 1.54) is 19.3 Å². The fourth-order valence-corrected chi connectivity index (χ4v) is 3.43. The monoisotopic (exact) mass is 316 g/mol. The molecule has 0 spiro atoms. The zero-order valence-corrected chi connectivity index (χ0v) is 13.5. The van der Waals surface area contributed by atoms with Crippen molar-refractivity contribution in [3.63, 3.8) is 0 Å². The Morgan fingerprint density at radius 3 is 2.86 bits per heavy atom. The van der Waals surface area contributed by atoms with E-state index in [9.17, 15) is 4.79 Å². The highest BCUT2D eigenvalue weighted by Crippen LogP contribution is 2.26. The van der Waals surface area contributed by atoms with Gasteiger partial charge in [0.05, 0.1) is 6.26 Å². The lowest BCUT2D eigenvalue weighted by Gasteiger charge is -2.29. The van der Waals surface area contributed by atoms with E-state index in [0.29, 0.717) is 10.8 Å². The van der Waals surface area contributed by atoms with Gasteiger partial charge in [0.2, 0.25) is 0 Å². The number of rotatable bonds is 3. The van der Waals surface area contributed by atoms with Crippen LogP contribution in [0.25, 0.3) is 6.08 Å². The summed E-state index contributed by atoms with van der Waals surface area (Å²) in [4.78, 5) is 14.4. The van der Waals surface area contributed by atoms with Gasteiger partial charge in [0.15, 0.2) is 5.11 Å². The van der Waals surface area contributed by atoms with Crippen molar-refractivity contribution in [2.75, 3.05) is 0 Å². The number of thiocarbonyl (C=S) groups is 1. The van der Waals surface area contributed by atoms with E-state index in [-0.39, 0.29) is 11.9 Å². The number of nitrogens with zero attached hydrogens (tertiary/aromatic N) is 1. The fourth-order valence-electron chi connectivity index (χ4n) is 3.09. The van der Waals surface area contributed by atoms with Gasteiger partial charge in [-0.15, -0.1) is 0 Å². The average molecular weight is 316 g/mol. The third kappa shape index (κ3) is 3.14. The molecule has 116 valence electrons. The number of hydrogen-bond acceptors (Lipinski definition) is 3. The number of nitrogens with one attached hydrogen (secondary N) is 1. The van der Waals surface area contributed by atoms with Crippen LogP contribution in [0.2, 0.25) is 0 Å². The van der Waals surface area contributed by atoms with Crippen LogP contribution < -0.4 is 5.32 Å². The smallest absolute Gasteiger partial charge is 0.276 e. The quantitative estimate of drug-likeness (QED) is 0.683. The predicted octanol–water partition coefficient (Wildman–Crippen LogP) is 3.62. The second kappa shape index (κ2) is 6.48. The summed E-state index contributed by atoms with van der Waals surface area (Å²) in [6, 6.07) is 3.97. The molecule has 2 heterocycles. The molecular weight excluding hydrogens is 296 g/mol. The highest BCUT2D eigenvalue weighted by molar-refractivity contribution is 7.80. The Morgan fingerprint density at radius 1 is 1.41 bits per heavy atom. The molecule has 0 bridgehead atoms. The minimum atomic E-state index is -0.0101. The zero-order valence-electron chi connectivity index (χ0n) is 12.7. The molecule has 0 radical (unpaired) electrons. The van der Waals surface area contributed by atoms with Crippen LogP contribution in [0.4, 0.5) is 0 Å². The Labute approximate surface area is 135 Å². The lowest BCUT2D eigenvalue weighted by atomic mass is 9.94. The van der Waals surface area contributed by atoms with Crippen molar-refractivity contribution in [3.05, 3.63) is 41.5 Å². The van der Waals surface area contributed by atoms with E-state index in [2.05, 4.69) is 5.32 Å². The Morgan fingerprint density at radius 2 is 2.18 bits per heavy atom. The average Bonchev–Trinajstić information content (AvgIpc) is 3.09. The SMILES string of the molecule is CC(=C\c1ccco1)/C=C1/NC(=S)N(C2CCCCC2)C1=O. The van der Waals surface area contributed by atoms with E-state index in [1.54, 1.807) is 11.2 Å². The van der Waals surface area contributed by atoms with E-state index < -0.39 is 0 Å². The number of furan rings is 1. The van der Waals surface area contributed by atoms with Crippen molar-refractivity contribution in [1.29, 1.82) is 0 Å². The van der Waals surface area contributed by atoms with Gasteiger partial charge in [-0.3, -0.25) is 9.69 Å². The molecule has 1 N–H and O–H groups in total. The number of allylic oxidation sites excluding steroid dienone is 2. The Bertz CT molecular complexity index is 625. The van der Waals surface area contributed by atoms with Crippen molar-refractivity contribution in [2.45, 2.75) is 45.1 Å². The van der Waals surface area contributed by atoms with E-state index in [4.69, 9.17) is 16.6 Å². The van der Waals surface area contributed by atoms with Gasteiger partial charge in [0.1, 0.15) is 11.5 Å². The van der Waals surface area contributed by atoms with E-state index in [0.717, 1.165) is 24.2 Å². The third-order valence-electron chi connectivity index (χ3n) is 4.13. The van der Waals surface area contributed by atoms with Crippen molar-refractivity contribution >= 4 is 29.3 Å². The van der Waals surface area contributed by atoms with Crippen molar-refractivity contribution < 1.29 is 9.21 Å². The minimum absolute atomic E-state index is 0.0101. The lowest BCUT2D eigenvalue weighted by Crippen LogP contribution is -2.41. The van der Waals surface area contributed by atoms with Gasteiger partial charge in [-0.25, -0.2) is 0 Å². The minimum Gasteiger partial charge on any atom is -0.465 e. The number of amides is 1. The van der Waals surface area contributed by atoms with Gasteiger partial charge >= 0.3 is 0 Å². The maximum absolute atomic E-state index is 12.6. The molecule has 1 aromatic rings. The van der Waals surface area contributed by atoms with Crippen LogP contribution in [0, 0.1) is 0 Å². The molecule has 5 heteroatoms. The summed E-state index contributed by atoms with van der Waals surface area (Å²) in [5.41, 5.74) is 1.50. The molecule has 22 heavy (non-hydrogen) atoms. The Kier molecular flexibility index (Phi) is 4.43. The number of carbonyl (C=O) groups excluding carboxylic acids is 1. The standard InChI is InChI=1S/C17H20N2O2S/c1-12(10-14-8-5-9-21-14)11-15-16(20)19(17(22)18-15)13-6-3-2-4-7-13/h5,8-11,13H,2-4,6-7H2,1H3,(H,18,22)/b12-10+,15-11+. The fraction of sp³-hybridized carbons (Fsp3) is 0.412. The number of carbonyl (C=O) groups is 1. The molecule has 3 rings (SSSR count). The Hall–Kier alpha value is -1.88. The van der Waals surface area contributed by atoms with Crippen LogP contribution in [0.1, 0.15) is 44.8 Å². The predicted molar refractivity (Wildman–Crippen MR) is 89.9 cm³/mol. The first-order valence-corrected chi connectivity index (χ1v) is 8.14. The molecule has 2 aliphatic rings. The molecular formula is C17H20N2O2S. The first-order chi connectivity index (χ1) is 10.6. The molecule has 1 aromatic heterocycles. The van der Waals surface area contributed by atoms with Crippen molar-refractivity contribution in [1.82, 2.24) is 10.2 Å². The maximum Gasteiger partial charge on any atom is 0.276 e. The molecule has 4 nitrogen and oxygen atoms in total. The van der Waals surface area contributed by atoms with Gasteiger partial charge < -0.3 is 9.73 Å². The van der Waals surface area contributed by atoms with Gasteiger partial charge in [0.25, 0.3) is 5.91 Å². The van der Waals surface area contributed by atoms with Gasteiger partial charge in [0, 0.05) is 6.04 Å². The molecule has 0 atom stereocenters. The summed E-state index contributed by atoms with van der Waals surface area (Å²) in [7, 11) is 0. The molecule has 0 aromatic carbocycles. The van der Waals surface area contributed by atoms with Crippen LogP contribution in [-0.4, -0.2) is 22.0 Å². The third-order valence-corrected chi connectivity index (χ3v) is 4.43. The van der Waals surface area contributed by atoms with Crippen LogP contribution in [-0.2, 0) is 4.79 Å². The molecule has 2 fully saturated rings. The Balaban J connectivity index is 1.76. The zero-order chi connectivity index (χ0) is 15.5. The van der Waals surface area contributed by atoms with Crippen molar-refractivity contribution in [2.24, 2.45) is 0 Å². The summed E-state index contributed by atoms with van der Waals surface area (Å²) < 4.78 is 5.29. The second-order valence-corrected chi connectivity index (χ2v) is 6.25. The van der Waals surface area contributed by atoms with E-state index in [1.807, 2.05) is 31.2 Å². The summed E-state index contributed by atoms with van der Waals surface area (Å²) in [5, 5.41) is 3.60. The van der Waals surface area contributed by atoms with Crippen LogP contribution in [0.5, 0.6) is 0 Å². The summed E-state index contributed by atoms with van der Waals surface area (Å²) in [5.74, 6) is 0.760. The normalized spacial score (nSPS) is 22.5. The van der Waals surface area contributed by atoms with Gasteiger partial charge in [-0.05, 0) is 61.8 Å². The largest absolute Gasteiger partial charge is 0.465 e. The summed E-state index contributed by atoms with van der Waals surface area (Å²) in [6.45, 7) is 1.94. The van der Waals surface area contributed by atoms with Crippen LogP contribution in [0.3, 0.4) is 0 Å². The molecule has 1 aliphatic carbocycles. The molecule has 1 aliphatic heterocycles. The summed E-state index contributed by atoms with van der Waals surface area (Å²) >= 11 is 5.36. The molecule has 1 saturated heterocycles. The molecule has 1 saturated carbocycles. The topological polar surface area (TPSA) is 45.5 Å². The van der Waals surface area contributed by atoms with Gasteiger partial charge in [-0.1, -0.05) is 19.3 Å². The highest BCUT2D eigenvalue weighted by Gasteiger charge is 2.36. The van der Waals surface area contributed by atoms with Crippen molar-refractivity contribution in [3.8, 4) is 0 Å². The van der Waals surface area contributed by atoms with Crippen LogP contribution >= 0.6 is 12.2 Å². The number of hydrogen-bond donors (Lipinski definition) is 1. The first kappa shape index (κ1) is 15.0. The molecule has 0 unspecified atom stereocenters. The first-order valence-electron chi connectivity index (χ1n) is 7.73.